The molecule has 1 N–H and O–H groups in total. The molecule has 1 unspecified atom stereocenters. The number of thioether (sulfide) groups is 1. The van der Waals surface area contributed by atoms with Gasteiger partial charge in [-0.2, -0.15) is 5.10 Å². The van der Waals surface area contributed by atoms with Crippen LogP contribution in [0.2, 0.25) is 0 Å². The highest BCUT2D eigenvalue weighted by Gasteiger charge is 2.33. The number of H-pyrrole nitrogens is 1. The number of benzene rings is 2. The second-order valence-corrected chi connectivity index (χ2v) is 9.85. The van der Waals surface area contributed by atoms with Gasteiger partial charge in [-0.1, -0.05) is 52.0 Å². The maximum Gasteiger partial charge on any atom is 0.253 e. The van der Waals surface area contributed by atoms with Crippen molar-refractivity contribution in [2.75, 3.05) is 12.9 Å². The fraction of sp³-hybridized carbons (Fsp3) is 0.208. The van der Waals surface area contributed by atoms with Gasteiger partial charge in [-0.15, -0.1) is 10.2 Å². The average Bonchev–Trinajstić information content (AvgIpc) is 3.48. The van der Waals surface area contributed by atoms with Crippen LogP contribution in [0, 0.1) is 6.92 Å². The number of nitrogens with one attached hydrogen (secondary N) is 1. The van der Waals surface area contributed by atoms with Crippen LogP contribution in [-0.4, -0.2) is 49.1 Å². The van der Waals surface area contributed by atoms with Gasteiger partial charge in [0, 0.05) is 22.7 Å². The molecule has 1 aliphatic rings. The summed E-state index contributed by atoms with van der Waals surface area (Å²) in [6, 6.07) is 16.8. The SMILES string of the molecule is COc1ccc(C2CC(c3ccc(Br)cc3)=NN2C(=O)CSc2nnc3[nH]c(=O)cc(C)n23)cc1. The topological polar surface area (TPSA) is 105 Å². The summed E-state index contributed by atoms with van der Waals surface area (Å²) in [6.45, 7) is 1.80. The summed E-state index contributed by atoms with van der Waals surface area (Å²) in [5.74, 6) is 1.06. The molecular weight excluding hydrogens is 532 g/mol. The van der Waals surface area contributed by atoms with Crippen LogP contribution in [0.25, 0.3) is 5.78 Å². The van der Waals surface area contributed by atoms with Crippen LogP contribution in [0.4, 0.5) is 0 Å². The van der Waals surface area contributed by atoms with Gasteiger partial charge in [-0.25, -0.2) is 5.01 Å². The van der Waals surface area contributed by atoms with Crippen LogP contribution in [0.3, 0.4) is 0 Å². The van der Waals surface area contributed by atoms with Crippen LogP contribution in [0.1, 0.15) is 29.3 Å². The van der Waals surface area contributed by atoms with Crippen LogP contribution in [-0.2, 0) is 4.79 Å². The van der Waals surface area contributed by atoms with Crippen molar-refractivity contribution in [1.82, 2.24) is 24.6 Å². The van der Waals surface area contributed by atoms with Crippen LogP contribution >= 0.6 is 27.7 Å². The fourth-order valence-corrected chi connectivity index (χ4v) is 5.11. The number of carbonyl (C=O) groups excluding carboxylic acids is 1. The van der Waals surface area contributed by atoms with Crippen molar-refractivity contribution in [3.05, 3.63) is 86.2 Å². The van der Waals surface area contributed by atoms with E-state index >= 15 is 0 Å². The van der Waals surface area contributed by atoms with E-state index in [1.54, 1.807) is 23.4 Å². The molecule has 0 radical (unpaired) electrons. The molecule has 0 fully saturated rings. The zero-order valence-electron chi connectivity index (χ0n) is 18.9. The first-order valence-electron chi connectivity index (χ1n) is 10.8. The minimum Gasteiger partial charge on any atom is -0.497 e. The Morgan fingerprint density at radius 2 is 1.91 bits per heavy atom. The maximum absolute atomic E-state index is 13.4. The first kappa shape index (κ1) is 23.3. The molecule has 11 heteroatoms. The summed E-state index contributed by atoms with van der Waals surface area (Å²) in [6.07, 6.45) is 0.596. The number of fused-ring (bicyclic) bond motifs is 1. The molecule has 0 bridgehead atoms. The number of aryl methyl sites for hydroxylation is 1. The largest absolute Gasteiger partial charge is 0.497 e. The van der Waals surface area contributed by atoms with Crippen molar-refractivity contribution in [3.63, 3.8) is 0 Å². The van der Waals surface area contributed by atoms with Crippen molar-refractivity contribution in [2.45, 2.75) is 24.5 Å². The molecule has 35 heavy (non-hydrogen) atoms. The summed E-state index contributed by atoms with van der Waals surface area (Å²) in [7, 11) is 1.62. The number of halogens is 1. The monoisotopic (exact) mass is 552 g/mol. The number of methoxy groups -OCH3 is 1. The molecular formula is C24H21BrN6O3S. The van der Waals surface area contributed by atoms with Crippen molar-refractivity contribution in [2.24, 2.45) is 5.10 Å². The van der Waals surface area contributed by atoms with E-state index in [4.69, 9.17) is 9.84 Å². The minimum atomic E-state index is -0.246. The third kappa shape index (κ3) is 4.73. The van der Waals surface area contributed by atoms with Gasteiger partial charge in [0.2, 0.25) is 5.78 Å². The van der Waals surface area contributed by atoms with E-state index in [0.29, 0.717) is 23.0 Å². The summed E-state index contributed by atoms with van der Waals surface area (Å²) < 4.78 is 7.99. The standard InChI is InChI=1S/C24H21BrN6O3S/c1-14-11-21(32)26-23-27-28-24(30(14)23)35-13-22(33)31-20(16-5-9-18(34-2)10-6-16)12-19(29-31)15-3-7-17(25)8-4-15/h3-11,20H,12-13H2,1-2H3,(H,26,27,32). The van der Waals surface area contributed by atoms with E-state index in [1.165, 1.54) is 17.8 Å². The summed E-state index contributed by atoms with van der Waals surface area (Å²) in [5, 5.41) is 15.0. The zero-order chi connectivity index (χ0) is 24.5. The van der Waals surface area contributed by atoms with Gasteiger partial charge in [0.1, 0.15) is 5.75 Å². The average molecular weight is 553 g/mol. The molecule has 5 rings (SSSR count). The number of hydrogen-bond donors (Lipinski definition) is 1. The molecule has 3 heterocycles. The Balaban J connectivity index is 1.42. The van der Waals surface area contributed by atoms with E-state index in [1.807, 2.05) is 48.5 Å². The lowest BCUT2D eigenvalue weighted by atomic mass is 9.98. The molecule has 1 aliphatic heterocycles. The highest BCUT2D eigenvalue weighted by Crippen LogP contribution is 2.34. The lowest BCUT2D eigenvalue weighted by Crippen LogP contribution is -2.28. The highest BCUT2D eigenvalue weighted by molar-refractivity contribution is 9.10. The normalized spacial score (nSPS) is 15.5. The van der Waals surface area contributed by atoms with Gasteiger partial charge in [0.15, 0.2) is 5.16 Å². The second-order valence-electron chi connectivity index (χ2n) is 7.99. The molecule has 4 aromatic rings. The number of nitrogens with zero attached hydrogens (tertiary/aromatic N) is 5. The van der Waals surface area contributed by atoms with Gasteiger partial charge < -0.3 is 4.74 Å². The Morgan fingerprint density at radius 1 is 1.17 bits per heavy atom. The molecule has 1 amide bonds. The number of hydrogen-bond acceptors (Lipinski definition) is 7. The van der Waals surface area contributed by atoms with Gasteiger partial charge in [-0.3, -0.25) is 19.0 Å². The predicted octanol–water partition coefficient (Wildman–Crippen LogP) is 3.97. The smallest absolute Gasteiger partial charge is 0.253 e. The maximum atomic E-state index is 13.4. The first-order valence-corrected chi connectivity index (χ1v) is 12.6. The first-order chi connectivity index (χ1) is 16.9. The fourth-order valence-electron chi connectivity index (χ4n) is 4.00. The van der Waals surface area contributed by atoms with E-state index in [9.17, 15) is 9.59 Å². The third-order valence-corrected chi connectivity index (χ3v) is 7.17. The highest BCUT2D eigenvalue weighted by atomic mass is 79.9. The Labute approximate surface area is 213 Å². The molecule has 178 valence electrons. The molecule has 0 aliphatic carbocycles. The Hall–Kier alpha value is -3.44. The summed E-state index contributed by atoms with van der Waals surface area (Å²) in [4.78, 5) is 27.8. The van der Waals surface area contributed by atoms with Crippen molar-refractivity contribution < 1.29 is 9.53 Å². The third-order valence-electron chi connectivity index (χ3n) is 5.73. The quantitative estimate of drug-likeness (QED) is 0.363. The van der Waals surface area contributed by atoms with Crippen LogP contribution in [0.5, 0.6) is 5.75 Å². The molecule has 0 saturated heterocycles. The zero-order valence-corrected chi connectivity index (χ0v) is 21.3. The van der Waals surface area contributed by atoms with E-state index < -0.39 is 0 Å². The molecule has 0 saturated carbocycles. The van der Waals surface area contributed by atoms with Crippen molar-refractivity contribution >= 4 is 45.1 Å². The number of aromatic nitrogens is 4. The number of aromatic amines is 1. The number of ether oxygens (including phenoxy) is 1. The minimum absolute atomic E-state index is 0.114. The molecule has 0 spiro atoms. The second kappa shape index (κ2) is 9.67. The van der Waals surface area contributed by atoms with Gasteiger partial charge in [0.25, 0.3) is 11.5 Å². The number of rotatable bonds is 6. The van der Waals surface area contributed by atoms with Gasteiger partial charge in [-0.05, 0) is 42.3 Å². The summed E-state index contributed by atoms with van der Waals surface area (Å²) in [5.41, 5.74) is 3.23. The number of amides is 1. The van der Waals surface area contributed by atoms with Gasteiger partial charge >= 0.3 is 0 Å². The molecule has 2 aromatic carbocycles. The Morgan fingerprint density at radius 3 is 2.63 bits per heavy atom. The lowest BCUT2D eigenvalue weighted by Gasteiger charge is -2.22. The van der Waals surface area contributed by atoms with Crippen molar-refractivity contribution in [1.29, 1.82) is 0 Å². The Kier molecular flexibility index (Phi) is 6.44. The van der Waals surface area contributed by atoms with E-state index in [-0.39, 0.29) is 23.3 Å². The molecule has 2 aromatic heterocycles. The van der Waals surface area contributed by atoms with E-state index in [2.05, 4.69) is 31.1 Å². The molecule has 9 nitrogen and oxygen atoms in total. The summed E-state index contributed by atoms with van der Waals surface area (Å²) >= 11 is 4.72. The van der Waals surface area contributed by atoms with Gasteiger partial charge in [0.05, 0.1) is 24.6 Å². The van der Waals surface area contributed by atoms with Crippen LogP contribution in [0.15, 0.2) is 74.1 Å². The van der Waals surface area contributed by atoms with E-state index in [0.717, 1.165) is 27.1 Å². The number of carbonyl (C=O) groups is 1. The molecule has 1 atom stereocenters. The Bertz CT molecular complexity index is 1480. The lowest BCUT2D eigenvalue weighted by molar-refractivity contribution is -0.130. The number of hydrazone groups is 1. The van der Waals surface area contributed by atoms with Crippen molar-refractivity contribution in [3.8, 4) is 5.75 Å². The predicted molar refractivity (Wildman–Crippen MR) is 137 cm³/mol. The van der Waals surface area contributed by atoms with Crippen LogP contribution < -0.4 is 10.3 Å².